The second kappa shape index (κ2) is 7.33. The van der Waals surface area contributed by atoms with Crippen molar-refractivity contribution in [3.8, 4) is 0 Å². The molecule has 5 heteroatoms. The van der Waals surface area contributed by atoms with Crippen molar-refractivity contribution in [3.05, 3.63) is 106 Å². The molecule has 0 aromatic heterocycles. The maximum Gasteiger partial charge on any atom is 0.211 e. The fourth-order valence-electron chi connectivity index (χ4n) is 3.18. The van der Waals surface area contributed by atoms with Crippen LogP contribution in [0.2, 0.25) is 0 Å². The number of rotatable bonds is 4. The van der Waals surface area contributed by atoms with E-state index in [2.05, 4.69) is 5.32 Å². The molecule has 0 spiro atoms. The van der Waals surface area contributed by atoms with Crippen molar-refractivity contribution >= 4 is 34.5 Å². The first-order valence-electron chi connectivity index (χ1n) is 8.81. The molecule has 1 aliphatic rings. The standard InChI is InChI=1S/C23H17ClN2O2/c24-20-21(23(28)19-4-2-1-3-18(19)22(20)27)26-17-11-7-15(8-12-17)13-14-5-9-16(25)10-6-14/h1-12,26H,13,25H2. The summed E-state index contributed by atoms with van der Waals surface area (Å²) in [5, 5.41) is 2.92. The first-order chi connectivity index (χ1) is 13.5. The van der Waals surface area contributed by atoms with E-state index in [0.717, 1.165) is 23.2 Å². The molecule has 0 amide bonds. The van der Waals surface area contributed by atoms with E-state index in [1.54, 1.807) is 24.3 Å². The van der Waals surface area contributed by atoms with Crippen LogP contribution in [0.4, 0.5) is 11.4 Å². The lowest BCUT2D eigenvalue weighted by Gasteiger charge is -2.19. The summed E-state index contributed by atoms with van der Waals surface area (Å²) in [6.45, 7) is 0. The zero-order valence-electron chi connectivity index (χ0n) is 14.9. The molecule has 0 saturated carbocycles. The van der Waals surface area contributed by atoms with E-state index >= 15 is 0 Å². The van der Waals surface area contributed by atoms with Gasteiger partial charge >= 0.3 is 0 Å². The Morgan fingerprint density at radius 1 is 0.750 bits per heavy atom. The van der Waals surface area contributed by atoms with E-state index in [9.17, 15) is 9.59 Å². The lowest BCUT2D eigenvalue weighted by Crippen LogP contribution is -2.24. The topological polar surface area (TPSA) is 72.2 Å². The number of ketones is 2. The molecule has 3 aromatic rings. The number of halogens is 1. The molecule has 3 N–H and O–H groups in total. The molecule has 3 aromatic carbocycles. The number of Topliss-reactive ketones (excluding diaryl/α,β-unsaturated/α-hetero) is 2. The zero-order valence-corrected chi connectivity index (χ0v) is 15.7. The van der Waals surface area contributed by atoms with Crippen molar-refractivity contribution in [2.24, 2.45) is 0 Å². The maximum absolute atomic E-state index is 12.7. The number of carbonyl (C=O) groups excluding carboxylic acids is 2. The Balaban J connectivity index is 1.54. The summed E-state index contributed by atoms with van der Waals surface area (Å²) in [4.78, 5) is 25.2. The quantitative estimate of drug-likeness (QED) is 0.629. The maximum atomic E-state index is 12.7. The van der Waals surface area contributed by atoms with Gasteiger partial charge in [0.25, 0.3) is 0 Å². The summed E-state index contributed by atoms with van der Waals surface area (Å²) in [6.07, 6.45) is 0.773. The Bertz CT molecular complexity index is 1100. The van der Waals surface area contributed by atoms with Crippen molar-refractivity contribution in [3.63, 3.8) is 0 Å². The number of nitrogen functional groups attached to an aromatic ring is 1. The number of anilines is 2. The molecule has 28 heavy (non-hydrogen) atoms. The highest BCUT2D eigenvalue weighted by Gasteiger charge is 2.31. The second-order valence-electron chi connectivity index (χ2n) is 6.63. The summed E-state index contributed by atoms with van der Waals surface area (Å²) in [6, 6.07) is 22.1. The normalized spacial score (nSPS) is 13.5. The van der Waals surface area contributed by atoms with Gasteiger partial charge in [0, 0.05) is 22.5 Å². The van der Waals surface area contributed by atoms with Gasteiger partial charge in [-0.1, -0.05) is 60.1 Å². The predicted octanol–water partition coefficient (Wildman–Crippen LogP) is 4.80. The minimum Gasteiger partial charge on any atom is -0.399 e. The van der Waals surface area contributed by atoms with E-state index in [1.165, 1.54) is 0 Å². The lowest BCUT2D eigenvalue weighted by atomic mass is 9.92. The number of carbonyl (C=O) groups is 2. The minimum atomic E-state index is -0.348. The van der Waals surface area contributed by atoms with Crippen LogP contribution in [0.15, 0.2) is 83.5 Å². The number of allylic oxidation sites excluding steroid dienone is 2. The van der Waals surface area contributed by atoms with Crippen LogP contribution in [0, 0.1) is 0 Å². The van der Waals surface area contributed by atoms with Gasteiger partial charge in [-0.2, -0.15) is 0 Å². The molecule has 0 aliphatic heterocycles. The van der Waals surface area contributed by atoms with Gasteiger partial charge in [0.15, 0.2) is 0 Å². The average molecular weight is 389 g/mol. The number of hydrogen-bond donors (Lipinski definition) is 2. The van der Waals surface area contributed by atoms with Crippen molar-refractivity contribution in [1.82, 2.24) is 0 Å². The van der Waals surface area contributed by atoms with Gasteiger partial charge in [-0.3, -0.25) is 9.59 Å². The van der Waals surface area contributed by atoms with Gasteiger partial charge in [-0.15, -0.1) is 0 Å². The number of benzene rings is 3. The Labute approximate surface area is 167 Å². The van der Waals surface area contributed by atoms with Gasteiger partial charge in [0.05, 0.1) is 0 Å². The van der Waals surface area contributed by atoms with Crippen molar-refractivity contribution in [1.29, 1.82) is 0 Å². The Morgan fingerprint density at radius 2 is 1.29 bits per heavy atom. The molecule has 0 heterocycles. The van der Waals surface area contributed by atoms with Gasteiger partial charge in [0.1, 0.15) is 10.7 Å². The average Bonchev–Trinajstić information content (AvgIpc) is 2.72. The third-order valence-corrected chi connectivity index (χ3v) is 5.03. The van der Waals surface area contributed by atoms with Gasteiger partial charge in [-0.05, 0) is 41.8 Å². The summed E-state index contributed by atoms with van der Waals surface area (Å²) in [5.74, 6) is -0.634. The Hall–Kier alpha value is -3.37. The molecule has 0 saturated heterocycles. The van der Waals surface area contributed by atoms with Crippen molar-refractivity contribution in [2.45, 2.75) is 6.42 Å². The largest absolute Gasteiger partial charge is 0.399 e. The van der Waals surface area contributed by atoms with Crippen LogP contribution >= 0.6 is 11.6 Å². The molecule has 1 aliphatic carbocycles. The fraction of sp³-hybridized carbons (Fsp3) is 0.0435. The Kier molecular flexibility index (Phi) is 4.72. The van der Waals surface area contributed by atoms with Crippen LogP contribution in [0.25, 0.3) is 0 Å². The molecule has 0 atom stereocenters. The van der Waals surface area contributed by atoms with Crippen LogP contribution < -0.4 is 11.1 Å². The highest BCUT2D eigenvalue weighted by atomic mass is 35.5. The predicted molar refractivity (Wildman–Crippen MR) is 112 cm³/mol. The van der Waals surface area contributed by atoms with E-state index in [4.69, 9.17) is 17.3 Å². The van der Waals surface area contributed by atoms with E-state index < -0.39 is 0 Å². The fourth-order valence-corrected chi connectivity index (χ4v) is 3.41. The first kappa shape index (κ1) is 18.0. The highest BCUT2D eigenvalue weighted by Crippen LogP contribution is 2.29. The third-order valence-electron chi connectivity index (χ3n) is 4.67. The molecular formula is C23H17ClN2O2. The van der Waals surface area contributed by atoms with E-state index in [-0.39, 0.29) is 22.3 Å². The summed E-state index contributed by atoms with van der Waals surface area (Å²) < 4.78 is 0. The first-order valence-corrected chi connectivity index (χ1v) is 9.19. The molecule has 4 rings (SSSR count). The van der Waals surface area contributed by atoms with E-state index in [0.29, 0.717) is 16.8 Å². The van der Waals surface area contributed by atoms with Crippen molar-refractivity contribution in [2.75, 3.05) is 11.1 Å². The minimum absolute atomic E-state index is 0.0883. The Morgan fingerprint density at radius 3 is 1.89 bits per heavy atom. The van der Waals surface area contributed by atoms with Gasteiger partial charge < -0.3 is 11.1 Å². The molecular weight excluding hydrogens is 372 g/mol. The SMILES string of the molecule is Nc1ccc(Cc2ccc(NC3=C(Cl)C(=O)c4ccccc4C3=O)cc2)cc1. The number of nitrogens with two attached hydrogens (primary N) is 1. The van der Waals surface area contributed by atoms with Gasteiger partial charge in [-0.25, -0.2) is 0 Å². The molecule has 138 valence electrons. The number of nitrogens with one attached hydrogen (secondary N) is 1. The van der Waals surface area contributed by atoms with Crippen LogP contribution in [0.1, 0.15) is 31.8 Å². The smallest absolute Gasteiger partial charge is 0.211 e. The van der Waals surface area contributed by atoms with Crippen LogP contribution in [-0.2, 0) is 6.42 Å². The van der Waals surface area contributed by atoms with Crippen LogP contribution in [0.3, 0.4) is 0 Å². The van der Waals surface area contributed by atoms with Gasteiger partial charge in [0.2, 0.25) is 11.6 Å². The molecule has 0 bridgehead atoms. The molecule has 0 unspecified atom stereocenters. The molecule has 0 fully saturated rings. The molecule has 0 radical (unpaired) electrons. The van der Waals surface area contributed by atoms with E-state index in [1.807, 2.05) is 48.5 Å². The summed E-state index contributed by atoms with van der Waals surface area (Å²) in [7, 11) is 0. The van der Waals surface area contributed by atoms with Crippen molar-refractivity contribution < 1.29 is 9.59 Å². The monoisotopic (exact) mass is 388 g/mol. The number of hydrogen-bond acceptors (Lipinski definition) is 4. The summed E-state index contributed by atoms with van der Waals surface area (Å²) in [5.41, 5.74) is 10.2. The zero-order chi connectivity index (χ0) is 19.7. The highest BCUT2D eigenvalue weighted by molar-refractivity contribution is 6.50. The molecule has 4 nitrogen and oxygen atoms in total. The summed E-state index contributed by atoms with van der Waals surface area (Å²) >= 11 is 6.19. The number of fused-ring (bicyclic) bond motifs is 1. The third kappa shape index (κ3) is 3.42. The lowest BCUT2D eigenvalue weighted by molar-refractivity contribution is 0.0982. The van der Waals surface area contributed by atoms with Crippen LogP contribution in [-0.4, -0.2) is 11.6 Å². The van der Waals surface area contributed by atoms with Crippen LogP contribution in [0.5, 0.6) is 0 Å². The second-order valence-corrected chi connectivity index (χ2v) is 7.01.